The molecule has 2 aliphatic rings. The maximum absolute atomic E-state index is 10.6. The first-order valence-corrected chi connectivity index (χ1v) is 11.4. The summed E-state index contributed by atoms with van der Waals surface area (Å²) >= 11 is 0. The quantitative estimate of drug-likeness (QED) is 0.494. The number of methoxy groups -OCH3 is 4. The van der Waals surface area contributed by atoms with Crippen LogP contribution in [0.2, 0.25) is 0 Å². The molecular weight excluding hydrogens is 472 g/mol. The Morgan fingerprint density at radius 3 is 2.08 bits per heavy atom. The van der Waals surface area contributed by atoms with E-state index in [1.807, 2.05) is 0 Å². The minimum atomic E-state index is -1.21. The first-order valence-electron chi connectivity index (χ1n) is 11.4. The second kappa shape index (κ2) is 10.1. The standard InChI is InChI=1S/C26H32O10/c1-26(2)35-24-21(16(29)12-27)34-23(25(24)36-26)20(13-7-8-17(30-3)15(28)9-13)14-10-18(31-4)22(33-6)19(11-14)32-5/h7-11,16,21,24-25,27-29H,12H2,1-6H3/b23-20-/t16-,21+,24-,25+/m1/s1. The van der Waals surface area contributed by atoms with Gasteiger partial charge in [0.15, 0.2) is 34.9 Å². The van der Waals surface area contributed by atoms with Gasteiger partial charge in [0.05, 0.1) is 35.0 Å². The highest BCUT2D eigenvalue weighted by Gasteiger charge is 2.56. The second-order valence-corrected chi connectivity index (χ2v) is 8.89. The van der Waals surface area contributed by atoms with Crippen molar-refractivity contribution in [2.24, 2.45) is 0 Å². The van der Waals surface area contributed by atoms with Crippen molar-refractivity contribution in [3.05, 3.63) is 47.2 Å². The molecule has 2 fully saturated rings. The summed E-state index contributed by atoms with van der Waals surface area (Å²) in [6.45, 7) is 3.01. The topological polar surface area (TPSA) is 125 Å². The lowest BCUT2D eigenvalue weighted by atomic mass is 9.93. The maximum Gasteiger partial charge on any atom is 0.203 e. The largest absolute Gasteiger partial charge is 0.504 e. The normalized spacial score (nSPS) is 24.5. The summed E-state index contributed by atoms with van der Waals surface area (Å²) in [6.07, 6.45) is -3.48. The van der Waals surface area contributed by atoms with E-state index in [2.05, 4.69) is 0 Å². The van der Waals surface area contributed by atoms with Gasteiger partial charge in [0.25, 0.3) is 0 Å². The number of aromatic hydroxyl groups is 1. The number of phenols is 1. The molecule has 0 aliphatic carbocycles. The van der Waals surface area contributed by atoms with Crippen LogP contribution in [0.3, 0.4) is 0 Å². The van der Waals surface area contributed by atoms with Crippen LogP contribution in [0.5, 0.6) is 28.7 Å². The fourth-order valence-corrected chi connectivity index (χ4v) is 4.64. The lowest BCUT2D eigenvalue weighted by molar-refractivity contribution is -0.176. The Kier molecular flexibility index (Phi) is 7.24. The van der Waals surface area contributed by atoms with Crippen molar-refractivity contribution in [1.82, 2.24) is 0 Å². The van der Waals surface area contributed by atoms with Gasteiger partial charge in [-0.15, -0.1) is 0 Å². The molecule has 0 aromatic heterocycles. The first kappa shape index (κ1) is 25.9. The SMILES string of the molecule is COc1ccc(/C(=C2/O[C@@H]([C@H](O)CO)[C@H]3OC(C)(C)O[C@@H]23)c2cc(OC)c(OC)c(OC)c2)cc1O. The van der Waals surface area contributed by atoms with E-state index in [0.717, 1.165) is 0 Å². The molecule has 10 nitrogen and oxygen atoms in total. The molecule has 0 bridgehead atoms. The molecule has 36 heavy (non-hydrogen) atoms. The van der Waals surface area contributed by atoms with Crippen LogP contribution in [0.25, 0.3) is 5.57 Å². The van der Waals surface area contributed by atoms with E-state index in [1.54, 1.807) is 44.2 Å². The zero-order valence-corrected chi connectivity index (χ0v) is 21.1. The van der Waals surface area contributed by atoms with Gasteiger partial charge >= 0.3 is 0 Å². The summed E-state index contributed by atoms with van der Waals surface area (Å²) in [6, 6.07) is 8.43. The number of hydrogen-bond donors (Lipinski definition) is 3. The fraction of sp³-hybridized carbons (Fsp3) is 0.462. The van der Waals surface area contributed by atoms with Crippen LogP contribution in [-0.2, 0) is 14.2 Å². The molecule has 4 atom stereocenters. The Morgan fingerprint density at radius 2 is 1.56 bits per heavy atom. The third kappa shape index (κ3) is 4.53. The van der Waals surface area contributed by atoms with Crippen LogP contribution >= 0.6 is 0 Å². The smallest absolute Gasteiger partial charge is 0.203 e. The van der Waals surface area contributed by atoms with Crippen molar-refractivity contribution < 1.29 is 48.5 Å². The van der Waals surface area contributed by atoms with E-state index < -0.39 is 36.8 Å². The van der Waals surface area contributed by atoms with E-state index >= 15 is 0 Å². The first-order chi connectivity index (χ1) is 17.2. The molecule has 10 heteroatoms. The van der Waals surface area contributed by atoms with Gasteiger partial charge < -0.3 is 48.5 Å². The number of aliphatic hydroxyl groups excluding tert-OH is 2. The van der Waals surface area contributed by atoms with Crippen molar-refractivity contribution in [2.45, 2.75) is 44.1 Å². The van der Waals surface area contributed by atoms with Crippen molar-refractivity contribution in [2.75, 3.05) is 35.0 Å². The number of aliphatic hydroxyl groups is 2. The Bertz CT molecular complexity index is 1120. The second-order valence-electron chi connectivity index (χ2n) is 8.89. The van der Waals surface area contributed by atoms with Gasteiger partial charge in [-0.05, 0) is 49.2 Å². The lowest BCUT2D eigenvalue weighted by Crippen LogP contribution is -2.40. The van der Waals surface area contributed by atoms with Crippen molar-refractivity contribution in [3.63, 3.8) is 0 Å². The molecule has 196 valence electrons. The maximum atomic E-state index is 10.6. The molecule has 2 heterocycles. The molecule has 0 saturated carbocycles. The van der Waals surface area contributed by atoms with Crippen molar-refractivity contribution in [1.29, 1.82) is 0 Å². The molecule has 2 aromatic carbocycles. The average molecular weight is 505 g/mol. The molecule has 2 aliphatic heterocycles. The number of hydrogen-bond acceptors (Lipinski definition) is 10. The van der Waals surface area contributed by atoms with Gasteiger partial charge in [-0.3, -0.25) is 0 Å². The zero-order valence-electron chi connectivity index (χ0n) is 21.1. The average Bonchev–Trinajstić information content (AvgIpc) is 3.36. The summed E-state index contributed by atoms with van der Waals surface area (Å²) in [4.78, 5) is 0. The summed E-state index contributed by atoms with van der Waals surface area (Å²) in [7, 11) is 6.00. The molecule has 0 radical (unpaired) electrons. The minimum absolute atomic E-state index is 0.0778. The van der Waals surface area contributed by atoms with E-state index in [-0.39, 0.29) is 5.75 Å². The number of phenolic OH excluding ortho intramolecular Hbond substituents is 1. The number of rotatable bonds is 8. The van der Waals surface area contributed by atoms with Crippen molar-refractivity contribution >= 4 is 5.57 Å². The molecule has 4 rings (SSSR count). The van der Waals surface area contributed by atoms with Crippen LogP contribution in [0.15, 0.2) is 36.1 Å². The molecule has 0 unspecified atom stereocenters. The Morgan fingerprint density at radius 1 is 0.917 bits per heavy atom. The Hall–Kier alpha value is -3.18. The van der Waals surface area contributed by atoms with Crippen molar-refractivity contribution in [3.8, 4) is 28.7 Å². The molecule has 2 saturated heterocycles. The van der Waals surface area contributed by atoms with Gasteiger partial charge in [0.2, 0.25) is 5.75 Å². The van der Waals surface area contributed by atoms with Crippen LogP contribution < -0.4 is 18.9 Å². The summed E-state index contributed by atoms with van der Waals surface area (Å²) in [5.74, 6) is 0.855. The van der Waals surface area contributed by atoms with Gasteiger partial charge in [-0.1, -0.05) is 6.07 Å². The number of fused-ring (bicyclic) bond motifs is 1. The van der Waals surface area contributed by atoms with Crippen LogP contribution in [0.1, 0.15) is 25.0 Å². The third-order valence-corrected chi connectivity index (χ3v) is 6.21. The van der Waals surface area contributed by atoms with Gasteiger partial charge in [-0.2, -0.15) is 0 Å². The highest BCUT2D eigenvalue weighted by molar-refractivity contribution is 5.85. The van der Waals surface area contributed by atoms with E-state index in [1.165, 1.54) is 28.4 Å². The summed E-state index contributed by atoms with van der Waals surface area (Å²) in [5, 5.41) is 30.7. The third-order valence-electron chi connectivity index (χ3n) is 6.21. The number of ether oxygens (including phenoxy) is 7. The van der Waals surface area contributed by atoms with Gasteiger partial charge in [0, 0.05) is 5.57 Å². The van der Waals surface area contributed by atoms with E-state index in [4.69, 9.17) is 33.2 Å². The number of benzene rings is 2. The van der Waals surface area contributed by atoms with E-state index in [9.17, 15) is 15.3 Å². The highest BCUT2D eigenvalue weighted by Crippen LogP contribution is 2.48. The molecule has 0 spiro atoms. The fourth-order valence-electron chi connectivity index (χ4n) is 4.64. The van der Waals surface area contributed by atoms with E-state index in [0.29, 0.717) is 45.5 Å². The molecule has 2 aromatic rings. The van der Waals surface area contributed by atoms with Gasteiger partial charge in [0.1, 0.15) is 24.1 Å². The predicted molar refractivity (Wildman–Crippen MR) is 129 cm³/mol. The lowest BCUT2D eigenvalue weighted by Gasteiger charge is -2.25. The minimum Gasteiger partial charge on any atom is -0.504 e. The predicted octanol–water partition coefficient (Wildman–Crippen LogP) is 2.46. The van der Waals surface area contributed by atoms with Gasteiger partial charge in [-0.25, -0.2) is 0 Å². The Labute approximate surface area is 209 Å². The Balaban J connectivity index is 2.00. The monoisotopic (exact) mass is 504 g/mol. The summed E-state index contributed by atoms with van der Waals surface area (Å²) in [5.41, 5.74) is 1.72. The van der Waals surface area contributed by atoms with Crippen LogP contribution in [0.4, 0.5) is 0 Å². The molecular formula is C26H32O10. The van der Waals surface area contributed by atoms with Crippen LogP contribution in [0, 0.1) is 0 Å². The zero-order chi connectivity index (χ0) is 26.2. The van der Waals surface area contributed by atoms with Crippen LogP contribution in [-0.4, -0.2) is 80.6 Å². The molecule has 3 N–H and O–H groups in total. The highest BCUT2D eigenvalue weighted by atomic mass is 16.8. The molecule has 0 amide bonds. The summed E-state index contributed by atoms with van der Waals surface area (Å²) < 4.78 is 40.3.